The molecule has 3 unspecified atom stereocenters. The molecule has 0 radical (unpaired) electrons. The second-order valence-corrected chi connectivity index (χ2v) is 5.87. The van der Waals surface area contributed by atoms with Crippen LogP contribution in [0.3, 0.4) is 0 Å². The van der Waals surface area contributed by atoms with Gasteiger partial charge in [-0.05, 0) is 63.2 Å². The molecule has 2 saturated heterocycles. The lowest BCUT2D eigenvalue weighted by molar-refractivity contribution is 0.138. The van der Waals surface area contributed by atoms with Crippen LogP contribution in [-0.4, -0.2) is 44.2 Å². The van der Waals surface area contributed by atoms with Gasteiger partial charge in [-0.1, -0.05) is 6.92 Å². The molecule has 0 aliphatic carbocycles. The van der Waals surface area contributed by atoms with Crippen LogP contribution in [0.1, 0.15) is 26.2 Å². The first-order valence-electron chi connectivity index (χ1n) is 6.91. The molecule has 2 rings (SSSR count). The molecule has 0 saturated carbocycles. The maximum Gasteiger partial charge on any atom is 0.00220 e. The van der Waals surface area contributed by atoms with E-state index in [1.807, 2.05) is 0 Å². The van der Waals surface area contributed by atoms with Gasteiger partial charge in [0.15, 0.2) is 0 Å². The second-order valence-electron chi connectivity index (χ2n) is 5.87. The van der Waals surface area contributed by atoms with Crippen molar-refractivity contribution in [2.24, 2.45) is 23.5 Å². The fourth-order valence-electron chi connectivity index (χ4n) is 3.27. The topological polar surface area (TPSA) is 41.3 Å². The maximum absolute atomic E-state index is 5.77. The Morgan fingerprint density at radius 2 is 2.12 bits per heavy atom. The molecule has 0 spiro atoms. The van der Waals surface area contributed by atoms with E-state index in [4.69, 9.17) is 5.73 Å². The Bertz CT molecular complexity index is 207. The van der Waals surface area contributed by atoms with Crippen molar-refractivity contribution in [1.82, 2.24) is 10.2 Å². The van der Waals surface area contributed by atoms with Crippen molar-refractivity contribution in [2.75, 3.05) is 39.3 Å². The van der Waals surface area contributed by atoms with Gasteiger partial charge in [-0.3, -0.25) is 0 Å². The maximum atomic E-state index is 5.77. The predicted molar refractivity (Wildman–Crippen MR) is 68.4 cm³/mol. The summed E-state index contributed by atoms with van der Waals surface area (Å²) in [6, 6.07) is 0. The quantitative estimate of drug-likeness (QED) is 0.750. The fraction of sp³-hybridized carbons (Fsp3) is 1.00. The van der Waals surface area contributed by atoms with E-state index in [9.17, 15) is 0 Å². The Morgan fingerprint density at radius 1 is 1.31 bits per heavy atom. The highest BCUT2D eigenvalue weighted by molar-refractivity contribution is 4.80. The van der Waals surface area contributed by atoms with Crippen LogP contribution in [-0.2, 0) is 0 Å². The average Bonchev–Trinajstić information content (AvgIpc) is 2.29. The first-order chi connectivity index (χ1) is 7.78. The van der Waals surface area contributed by atoms with Gasteiger partial charge in [-0.2, -0.15) is 0 Å². The normalized spacial score (nSPS) is 37.5. The van der Waals surface area contributed by atoms with Gasteiger partial charge in [0, 0.05) is 13.1 Å². The third-order valence-electron chi connectivity index (χ3n) is 4.12. The summed E-state index contributed by atoms with van der Waals surface area (Å²) in [5.74, 6) is 2.43. The number of likely N-dealkylation sites (tertiary alicyclic amines) is 1. The summed E-state index contributed by atoms with van der Waals surface area (Å²) in [5.41, 5.74) is 5.77. The molecule has 0 bridgehead atoms. The van der Waals surface area contributed by atoms with E-state index in [2.05, 4.69) is 17.1 Å². The second kappa shape index (κ2) is 5.99. The third-order valence-corrected chi connectivity index (χ3v) is 4.12. The number of nitrogens with two attached hydrogens (primary N) is 1. The minimum Gasteiger partial charge on any atom is -0.330 e. The smallest absolute Gasteiger partial charge is 0.00220 e. The Kier molecular flexibility index (Phi) is 4.62. The Hall–Kier alpha value is -0.120. The summed E-state index contributed by atoms with van der Waals surface area (Å²) in [7, 11) is 0. The van der Waals surface area contributed by atoms with Gasteiger partial charge < -0.3 is 16.0 Å². The summed E-state index contributed by atoms with van der Waals surface area (Å²) in [5, 5.41) is 3.53. The SMILES string of the molecule is CC1CCCN(CC2CNCC(CN)C2)C1. The van der Waals surface area contributed by atoms with Crippen LogP contribution < -0.4 is 11.1 Å². The van der Waals surface area contributed by atoms with Crippen molar-refractivity contribution in [3.8, 4) is 0 Å². The summed E-state index contributed by atoms with van der Waals surface area (Å²) in [4.78, 5) is 2.67. The fourth-order valence-corrected chi connectivity index (χ4v) is 3.27. The molecule has 3 nitrogen and oxygen atoms in total. The average molecular weight is 225 g/mol. The van der Waals surface area contributed by atoms with Crippen molar-refractivity contribution in [2.45, 2.75) is 26.2 Å². The minimum atomic E-state index is 0.709. The zero-order chi connectivity index (χ0) is 11.4. The highest BCUT2D eigenvalue weighted by atomic mass is 15.1. The molecule has 0 aromatic rings. The lowest BCUT2D eigenvalue weighted by Crippen LogP contribution is -2.45. The van der Waals surface area contributed by atoms with Crippen molar-refractivity contribution in [1.29, 1.82) is 0 Å². The van der Waals surface area contributed by atoms with Crippen LogP contribution in [0, 0.1) is 17.8 Å². The highest BCUT2D eigenvalue weighted by Crippen LogP contribution is 2.21. The minimum absolute atomic E-state index is 0.709. The number of nitrogens with one attached hydrogen (secondary N) is 1. The van der Waals surface area contributed by atoms with E-state index in [0.717, 1.165) is 24.9 Å². The number of rotatable bonds is 3. The predicted octanol–water partition coefficient (Wildman–Crippen LogP) is 0.903. The van der Waals surface area contributed by atoms with Crippen LogP contribution in [0.15, 0.2) is 0 Å². The molecular formula is C13H27N3. The van der Waals surface area contributed by atoms with Gasteiger partial charge in [-0.25, -0.2) is 0 Å². The zero-order valence-electron chi connectivity index (χ0n) is 10.6. The summed E-state index contributed by atoms with van der Waals surface area (Å²) >= 11 is 0. The first kappa shape index (κ1) is 12.3. The Labute approximate surface area is 99.8 Å². The molecule has 2 fully saturated rings. The summed E-state index contributed by atoms with van der Waals surface area (Å²) < 4.78 is 0. The van der Waals surface area contributed by atoms with Crippen molar-refractivity contribution in [3.63, 3.8) is 0 Å². The molecule has 0 aromatic carbocycles. The monoisotopic (exact) mass is 225 g/mol. The standard InChI is InChI=1S/C13H27N3/c1-11-3-2-4-16(9-11)10-13-5-12(6-14)7-15-8-13/h11-13,15H,2-10,14H2,1H3. The third kappa shape index (κ3) is 3.44. The van der Waals surface area contributed by atoms with Gasteiger partial charge in [0.25, 0.3) is 0 Å². The molecule has 0 amide bonds. The number of nitrogens with zero attached hydrogens (tertiary/aromatic N) is 1. The van der Waals surface area contributed by atoms with Gasteiger partial charge in [0.1, 0.15) is 0 Å². The van der Waals surface area contributed by atoms with Crippen molar-refractivity contribution in [3.05, 3.63) is 0 Å². The Morgan fingerprint density at radius 3 is 2.88 bits per heavy atom. The number of hydrogen-bond acceptors (Lipinski definition) is 3. The van der Waals surface area contributed by atoms with E-state index in [-0.39, 0.29) is 0 Å². The van der Waals surface area contributed by atoms with Crippen LogP contribution in [0.2, 0.25) is 0 Å². The van der Waals surface area contributed by atoms with Crippen molar-refractivity contribution < 1.29 is 0 Å². The summed E-state index contributed by atoms with van der Waals surface area (Å²) in [6.45, 7) is 9.46. The van der Waals surface area contributed by atoms with E-state index in [0.29, 0.717) is 5.92 Å². The van der Waals surface area contributed by atoms with E-state index in [1.165, 1.54) is 45.4 Å². The molecule has 2 heterocycles. The van der Waals surface area contributed by atoms with Gasteiger partial charge in [0.2, 0.25) is 0 Å². The highest BCUT2D eigenvalue weighted by Gasteiger charge is 2.24. The van der Waals surface area contributed by atoms with E-state index in [1.54, 1.807) is 0 Å². The molecule has 2 aliphatic rings. The first-order valence-corrected chi connectivity index (χ1v) is 6.91. The molecule has 0 aromatic heterocycles. The molecular weight excluding hydrogens is 198 g/mol. The molecule has 94 valence electrons. The van der Waals surface area contributed by atoms with Crippen LogP contribution in [0.4, 0.5) is 0 Å². The largest absolute Gasteiger partial charge is 0.330 e. The molecule has 3 atom stereocenters. The van der Waals surface area contributed by atoms with Crippen LogP contribution >= 0.6 is 0 Å². The molecule has 3 heteroatoms. The van der Waals surface area contributed by atoms with Gasteiger partial charge in [-0.15, -0.1) is 0 Å². The van der Waals surface area contributed by atoms with Gasteiger partial charge in [0.05, 0.1) is 0 Å². The number of piperidine rings is 2. The van der Waals surface area contributed by atoms with Crippen LogP contribution in [0.5, 0.6) is 0 Å². The van der Waals surface area contributed by atoms with E-state index >= 15 is 0 Å². The molecule has 2 aliphatic heterocycles. The molecule has 3 N–H and O–H groups in total. The molecule has 16 heavy (non-hydrogen) atoms. The zero-order valence-corrected chi connectivity index (χ0v) is 10.6. The van der Waals surface area contributed by atoms with Crippen molar-refractivity contribution >= 4 is 0 Å². The van der Waals surface area contributed by atoms with Gasteiger partial charge >= 0.3 is 0 Å². The lowest BCUT2D eigenvalue weighted by Gasteiger charge is -2.36. The Balaban J connectivity index is 1.75. The summed E-state index contributed by atoms with van der Waals surface area (Å²) in [6.07, 6.45) is 4.14. The van der Waals surface area contributed by atoms with Crippen LogP contribution in [0.25, 0.3) is 0 Å². The lowest BCUT2D eigenvalue weighted by atomic mass is 9.89. The van der Waals surface area contributed by atoms with E-state index < -0.39 is 0 Å². The number of hydrogen-bond donors (Lipinski definition) is 2.